The third kappa shape index (κ3) is 2.62. The van der Waals surface area contributed by atoms with Gasteiger partial charge in [0.15, 0.2) is 11.6 Å². The van der Waals surface area contributed by atoms with E-state index in [-0.39, 0.29) is 45.1 Å². The van der Waals surface area contributed by atoms with Gasteiger partial charge < -0.3 is 24.8 Å². The van der Waals surface area contributed by atoms with Gasteiger partial charge in [-0.3, -0.25) is 14.4 Å². The second kappa shape index (κ2) is 7.98. The van der Waals surface area contributed by atoms with E-state index in [2.05, 4.69) is 0 Å². The maximum atomic E-state index is 14.6. The summed E-state index contributed by atoms with van der Waals surface area (Å²) in [4.78, 5) is 42.7. The van der Waals surface area contributed by atoms with Crippen LogP contribution in [-0.2, 0) is 15.9 Å². The minimum Gasteiger partial charge on any atom is -0.507 e. The molecule has 0 bridgehead atoms. The summed E-state index contributed by atoms with van der Waals surface area (Å²) in [5, 5.41) is 34.6. The lowest BCUT2D eigenvalue weighted by molar-refractivity contribution is -0.188. The number of phenols is 2. The van der Waals surface area contributed by atoms with Gasteiger partial charge in [-0.2, -0.15) is 0 Å². The molecule has 10 heteroatoms. The topological polar surface area (TPSA) is 130 Å². The minimum atomic E-state index is -1.74. The van der Waals surface area contributed by atoms with Crippen molar-refractivity contribution in [2.75, 3.05) is 11.5 Å². The van der Waals surface area contributed by atoms with Gasteiger partial charge >= 0.3 is 0 Å². The lowest BCUT2D eigenvalue weighted by Gasteiger charge is -2.56. The van der Waals surface area contributed by atoms with E-state index in [0.29, 0.717) is 22.3 Å². The number of rotatable bonds is 0. The fourth-order valence-corrected chi connectivity index (χ4v) is 12.4. The molecule has 3 aliphatic heterocycles. The van der Waals surface area contributed by atoms with Gasteiger partial charge in [0, 0.05) is 45.3 Å². The van der Waals surface area contributed by atoms with E-state index in [0.717, 1.165) is 11.5 Å². The number of carbonyl (C=O) groups excluding carboxylic acids is 3. The van der Waals surface area contributed by atoms with Crippen LogP contribution in [-0.4, -0.2) is 60.0 Å². The second-order valence-electron chi connectivity index (χ2n) is 12.7. The van der Waals surface area contributed by atoms with Crippen LogP contribution >= 0.6 is 23.5 Å². The minimum absolute atomic E-state index is 0.0164. The maximum Gasteiger partial charge on any atom is 0.253 e. The molecule has 5 atom stereocenters. The van der Waals surface area contributed by atoms with Gasteiger partial charge in [0.1, 0.15) is 26.7 Å². The standard InChI is InChI=1S/C34H26O8S2/c1-14-11-17-23(22(36)12-14)28(39)24-16(26(17)37)7-8-19-29(24)42-34-18-5-4-6-21(35)25(18)27(38)20-13-32(43-9-10-44-32)31(3,40)30(15(2)41-34)33(19,20)34/h4-8,11-13,15,30,35-36,40H,9-10H2,1-3H3/t15-,30+,31-,33-,34+/m1/s1. The van der Waals surface area contributed by atoms with Crippen molar-refractivity contribution in [3.63, 3.8) is 0 Å². The number of thioether (sulfide) groups is 2. The van der Waals surface area contributed by atoms with Crippen molar-refractivity contribution in [2.24, 2.45) is 5.92 Å². The molecule has 3 N–H and O–H groups in total. The van der Waals surface area contributed by atoms with Crippen molar-refractivity contribution in [1.29, 1.82) is 0 Å². The molecule has 3 aliphatic carbocycles. The van der Waals surface area contributed by atoms with Gasteiger partial charge in [0.2, 0.25) is 5.78 Å². The molecular weight excluding hydrogens is 601 g/mol. The van der Waals surface area contributed by atoms with Gasteiger partial charge in [-0.1, -0.05) is 18.2 Å². The smallest absolute Gasteiger partial charge is 0.253 e. The predicted molar refractivity (Wildman–Crippen MR) is 163 cm³/mol. The first-order valence-corrected chi connectivity index (χ1v) is 16.5. The number of ether oxygens (including phenoxy) is 2. The van der Waals surface area contributed by atoms with Crippen molar-refractivity contribution in [2.45, 2.75) is 47.8 Å². The Morgan fingerprint density at radius 1 is 0.864 bits per heavy atom. The summed E-state index contributed by atoms with van der Waals surface area (Å²) in [6.45, 7) is 5.37. The van der Waals surface area contributed by atoms with Crippen molar-refractivity contribution in [3.8, 4) is 17.2 Å². The number of carbonyl (C=O) groups is 3. The molecule has 44 heavy (non-hydrogen) atoms. The van der Waals surface area contributed by atoms with Crippen LogP contribution in [0, 0.1) is 12.8 Å². The molecular formula is C34H26O8S2. The van der Waals surface area contributed by atoms with Crippen LogP contribution in [0.25, 0.3) is 0 Å². The van der Waals surface area contributed by atoms with E-state index in [4.69, 9.17) is 9.47 Å². The summed E-state index contributed by atoms with van der Waals surface area (Å²) < 4.78 is 12.9. The first-order valence-electron chi connectivity index (χ1n) is 14.5. The molecule has 3 heterocycles. The molecule has 0 unspecified atom stereocenters. The molecule has 2 saturated heterocycles. The number of benzene rings is 3. The highest BCUT2D eigenvalue weighted by atomic mass is 32.2. The molecule has 0 aromatic heterocycles. The van der Waals surface area contributed by atoms with Crippen molar-refractivity contribution >= 4 is 40.9 Å². The largest absolute Gasteiger partial charge is 0.507 e. The zero-order valence-corrected chi connectivity index (χ0v) is 25.5. The average Bonchev–Trinajstić information content (AvgIpc) is 3.62. The fourth-order valence-electron chi connectivity index (χ4n) is 9.04. The molecule has 9 rings (SSSR count). The Morgan fingerprint density at radius 2 is 1.61 bits per heavy atom. The van der Waals surface area contributed by atoms with Crippen LogP contribution < -0.4 is 4.74 Å². The number of aliphatic hydroxyl groups is 1. The lowest BCUT2D eigenvalue weighted by Crippen LogP contribution is -2.67. The number of ketones is 3. The molecule has 222 valence electrons. The number of phenolic OH excluding ortho intramolecular Hbond substituents is 2. The molecule has 2 fully saturated rings. The first-order chi connectivity index (χ1) is 20.9. The van der Waals surface area contributed by atoms with E-state index in [1.807, 2.05) is 13.0 Å². The highest BCUT2D eigenvalue weighted by molar-refractivity contribution is 8.21. The molecule has 3 aromatic carbocycles. The highest BCUT2D eigenvalue weighted by Gasteiger charge is 2.83. The number of fused-ring (bicyclic) bond motifs is 5. The highest BCUT2D eigenvalue weighted by Crippen LogP contribution is 2.77. The van der Waals surface area contributed by atoms with Crippen molar-refractivity contribution in [1.82, 2.24) is 0 Å². The Morgan fingerprint density at radius 3 is 2.36 bits per heavy atom. The maximum absolute atomic E-state index is 14.6. The zero-order chi connectivity index (χ0) is 30.7. The molecule has 0 saturated carbocycles. The Kier molecular flexibility index (Phi) is 4.86. The predicted octanol–water partition coefficient (Wildman–Crippen LogP) is 4.76. The Balaban J connectivity index is 1.42. The number of hydrogen-bond acceptors (Lipinski definition) is 10. The molecule has 0 amide bonds. The fraction of sp³-hybridized carbons (Fsp3) is 0.324. The van der Waals surface area contributed by atoms with Crippen LogP contribution in [0.3, 0.4) is 0 Å². The third-order valence-electron chi connectivity index (χ3n) is 10.5. The van der Waals surface area contributed by atoms with Gasteiger partial charge in [-0.05, 0) is 56.7 Å². The first kappa shape index (κ1) is 26.8. The normalized spacial score (nSPS) is 33.2. The monoisotopic (exact) mass is 626 g/mol. The Labute approximate surface area is 260 Å². The van der Waals surface area contributed by atoms with Crippen LogP contribution in [0.15, 0.2) is 54.1 Å². The molecule has 6 aliphatic rings. The molecule has 8 nitrogen and oxygen atoms in total. The van der Waals surface area contributed by atoms with E-state index >= 15 is 0 Å². The van der Waals surface area contributed by atoms with Gasteiger partial charge in [0.25, 0.3) is 5.79 Å². The van der Waals surface area contributed by atoms with E-state index in [9.17, 15) is 29.7 Å². The van der Waals surface area contributed by atoms with Gasteiger partial charge in [0.05, 0.1) is 28.4 Å². The van der Waals surface area contributed by atoms with Crippen LogP contribution in [0.4, 0.5) is 0 Å². The third-order valence-corrected chi connectivity index (χ3v) is 14.2. The molecule has 0 radical (unpaired) electrons. The summed E-state index contributed by atoms with van der Waals surface area (Å²) in [5.41, 5.74) is -0.937. The summed E-state index contributed by atoms with van der Waals surface area (Å²) in [7, 11) is 0. The van der Waals surface area contributed by atoms with E-state index in [1.165, 1.54) is 12.1 Å². The number of aromatic hydroxyl groups is 2. The number of hydrogen-bond donors (Lipinski definition) is 3. The Bertz CT molecular complexity index is 1990. The van der Waals surface area contributed by atoms with Gasteiger partial charge in [-0.15, -0.1) is 23.5 Å². The van der Waals surface area contributed by atoms with E-state index < -0.39 is 50.3 Å². The molecule has 3 aromatic rings. The number of aryl methyl sites for hydroxylation is 1. The number of Topliss-reactive ketones (excluding diaryl/α,β-unsaturated/α-hetero) is 1. The quantitative estimate of drug-likeness (QED) is 0.251. The second-order valence-corrected chi connectivity index (χ2v) is 15.6. The summed E-state index contributed by atoms with van der Waals surface area (Å²) in [6.07, 6.45) is 1.22. The van der Waals surface area contributed by atoms with E-state index in [1.54, 1.807) is 67.7 Å². The Hall–Kier alpha value is -3.57. The summed E-state index contributed by atoms with van der Waals surface area (Å²) in [5.74, 6) is -2.74. The average molecular weight is 627 g/mol. The summed E-state index contributed by atoms with van der Waals surface area (Å²) in [6, 6.07) is 11.1. The van der Waals surface area contributed by atoms with Crippen LogP contribution in [0.5, 0.6) is 17.2 Å². The SMILES string of the molecule is Cc1cc(O)c2c(c1)C(=O)c1ccc3c(c1C2=O)O[C@]12O[C@H](C)[C@@H]4[C@]31C(=CC1(SCCS1)[C@]4(C)O)C(=O)c1c(O)cccc12. The lowest BCUT2D eigenvalue weighted by atomic mass is 9.49. The summed E-state index contributed by atoms with van der Waals surface area (Å²) >= 11 is 3.17. The zero-order valence-electron chi connectivity index (χ0n) is 23.9. The molecule has 2 spiro atoms. The van der Waals surface area contributed by atoms with Crippen LogP contribution in [0.2, 0.25) is 0 Å². The van der Waals surface area contributed by atoms with Crippen molar-refractivity contribution < 1.29 is 39.2 Å². The van der Waals surface area contributed by atoms with Crippen LogP contribution in [0.1, 0.15) is 72.7 Å². The van der Waals surface area contributed by atoms with Crippen molar-refractivity contribution in [3.05, 3.63) is 98.6 Å². The van der Waals surface area contributed by atoms with Gasteiger partial charge in [-0.25, -0.2) is 0 Å².